The van der Waals surface area contributed by atoms with Gasteiger partial charge in [-0.25, -0.2) is 13.1 Å². The standard InChI is InChI=1S/C10H16N2O3S/c1-3-16(13,14)12-10(8-15-2)9-6-4-5-7-11-9/h4-7,10,12H,3,8H2,1-2H3. The Hall–Kier alpha value is -0.980. The van der Waals surface area contributed by atoms with E-state index in [0.717, 1.165) is 0 Å². The number of rotatable bonds is 6. The number of ether oxygens (including phenoxy) is 1. The summed E-state index contributed by atoms with van der Waals surface area (Å²) in [5.74, 6) is 0.0417. The monoisotopic (exact) mass is 244 g/mol. The average Bonchev–Trinajstić information content (AvgIpc) is 2.29. The van der Waals surface area contributed by atoms with Crippen LogP contribution in [0.5, 0.6) is 0 Å². The first-order valence-electron chi connectivity index (χ1n) is 4.99. The Balaban J connectivity index is 2.84. The Morgan fingerprint density at radius 3 is 2.75 bits per heavy atom. The number of hydrogen-bond donors (Lipinski definition) is 1. The van der Waals surface area contributed by atoms with Gasteiger partial charge in [0.1, 0.15) is 0 Å². The fourth-order valence-electron chi connectivity index (χ4n) is 1.23. The summed E-state index contributed by atoms with van der Waals surface area (Å²) in [5.41, 5.74) is 0.654. The molecule has 0 aliphatic rings. The Morgan fingerprint density at radius 2 is 2.25 bits per heavy atom. The molecule has 0 aromatic carbocycles. The topological polar surface area (TPSA) is 68.3 Å². The molecule has 90 valence electrons. The van der Waals surface area contributed by atoms with Gasteiger partial charge < -0.3 is 4.74 Å². The van der Waals surface area contributed by atoms with Crippen LogP contribution in [-0.2, 0) is 14.8 Å². The number of methoxy groups -OCH3 is 1. The molecule has 1 heterocycles. The molecule has 0 spiro atoms. The molecule has 6 heteroatoms. The maximum atomic E-state index is 11.5. The van der Waals surface area contributed by atoms with Gasteiger partial charge in [0.15, 0.2) is 0 Å². The largest absolute Gasteiger partial charge is 0.383 e. The summed E-state index contributed by atoms with van der Waals surface area (Å²) in [6.07, 6.45) is 1.62. The molecular formula is C10H16N2O3S. The SMILES string of the molecule is CCS(=O)(=O)NC(COC)c1ccccn1. The van der Waals surface area contributed by atoms with Crippen LogP contribution in [0.1, 0.15) is 18.7 Å². The van der Waals surface area contributed by atoms with E-state index in [9.17, 15) is 8.42 Å². The summed E-state index contributed by atoms with van der Waals surface area (Å²) in [7, 11) is -1.74. The molecule has 1 aromatic rings. The third kappa shape index (κ3) is 3.88. The Morgan fingerprint density at radius 1 is 1.50 bits per heavy atom. The van der Waals surface area contributed by atoms with E-state index in [2.05, 4.69) is 9.71 Å². The molecule has 1 rings (SSSR count). The van der Waals surface area contributed by atoms with E-state index in [4.69, 9.17) is 4.74 Å². The van der Waals surface area contributed by atoms with Crippen molar-refractivity contribution in [2.45, 2.75) is 13.0 Å². The van der Waals surface area contributed by atoms with Crippen molar-refractivity contribution in [1.82, 2.24) is 9.71 Å². The zero-order valence-electron chi connectivity index (χ0n) is 9.38. The average molecular weight is 244 g/mol. The molecule has 0 radical (unpaired) electrons. The van der Waals surface area contributed by atoms with Crippen molar-refractivity contribution in [2.24, 2.45) is 0 Å². The van der Waals surface area contributed by atoms with E-state index in [-0.39, 0.29) is 12.4 Å². The molecule has 0 aliphatic heterocycles. The van der Waals surface area contributed by atoms with Gasteiger partial charge in [-0.1, -0.05) is 6.07 Å². The van der Waals surface area contributed by atoms with Crippen molar-refractivity contribution >= 4 is 10.0 Å². The van der Waals surface area contributed by atoms with Gasteiger partial charge in [-0.05, 0) is 19.1 Å². The summed E-state index contributed by atoms with van der Waals surface area (Å²) in [5, 5.41) is 0. The van der Waals surface area contributed by atoms with Gasteiger partial charge in [-0.15, -0.1) is 0 Å². The molecule has 1 atom stereocenters. The van der Waals surface area contributed by atoms with Gasteiger partial charge in [0.05, 0.1) is 24.1 Å². The minimum atomic E-state index is -3.26. The number of sulfonamides is 1. The molecule has 0 fully saturated rings. The van der Waals surface area contributed by atoms with Crippen LogP contribution >= 0.6 is 0 Å². The molecule has 1 unspecified atom stereocenters. The zero-order chi connectivity index (χ0) is 12.0. The van der Waals surface area contributed by atoms with Crippen molar-refractivity contribution in [3.8, 4) is 0 Å². The van der Waals surface area contributed by atoms with Gasteiger partial charge in [0.2, 0.25) is 10.0 Å². The Labute approximate surface area is 95.9 Å². The lowest BCUT2D eigenvalue weighted by atomic mass is 10.2. The van der Waals surface area contributed by atoms with Gasteiger partial charge in [0, 0.05) is 13.3 Å². The lowest BCUT2D eigenvalue weighted by Gasteiger charge is -2.16. The molecule has 0 saturated heterocycles. The summed E-state index contributed by atoms with van der Waals surface area (Å²) in [4.78, 5) is 4.11. The molecule has 1 aromatic heterocycles. The predicted octanol–water partition coefficient (Wildman–Crippen LogP) is 0.708. The second-order valence-corrected chi connectivity index (χ2v) is 5.33. The van der Waals surface area contributed by atoms with Crippen molar-refractivity contribution in [3.63, 3.8) is 0 Å². The fourth-order valence-corrected chi connectivity index (χ4v) is 2.02. The summed E-state index contributed by atoms with van der Waals surface area (Å²) >= 11 is 0. The molecule has 0 aliphatic carbocycles. The normalized spacial score (nSPS) is 13.6. The highest BCUT2D eigenvalue weighted by molar-refractivity contribution is 7.89. The Kier molecular flexibility index (Phi) is 4.85. The molecule has 1 N–H and O–H groups in total. The van der Waals surface area contributed by atoms with Crippen LogP contribution in [-0.4, -0.2) is 32.9 Å². The van der Waals surface area contributed by atoms with E-state index < -0.39 is 16.1 Å². The number of nitrogens with one attached hydrogen (secondary N) is 1. The summed E-state index contributed by atoms with van der Waals surface area (Å²) in [6.45, 7) is 1.85. The Bertz CT molecular complexity index is 405. The first-order chi connectivity index (χ1) is 7.59. The second-order valence-electron chi connectivity index (χ2n) is 3.28. The van der Waals surface area contributed by atoms with Crippen LogP contribution in [0.3, 0.4) is 0 Å². The van der Waals surface area contributed by atoms with Crippen molar-refractivity contribution in [2.75, 3.05) is 19.5 Å². The van der Waals surface area contributed by atoms with E-state index in [1.54, 1.807) is 25.3 Å². The van der Waals surface area contributed by atoms with Gasteiger partial charge >= 0.3 is 0 Å². The van der Waals surface area contributed by atoms with E-state index in [0.29, 0.717) is 5.69 Å². The minimum absolute atomic E-state index is 0.0417. The van der Waals surface area contributed by atoms with E-state index >= 15 is 0 Å². The van der Waals surface area contributed by atoms with Crippen LogP contribution in [0, 0.1) is 0 Å². The van der Waals surface area contributed by atoms with Crippen molar-refractivity contribution in [1.29, 1.82) is 0 Å². The van der Waals surface area contributed by atoms with Crippen molar-refractivity contribution in [3.05, 3.63) is 30.1 Å². The zero-order valence-corrected chi connectivity index (χ0v) is 10.2. The lowest BCUT2D eigenvalue weighted by molar-refractivity contribution is 0.174. The minimum Gasteiger partial charge on any atom is -0.383 e. The maximum Gasteiger partial charge on any atom is 0.212 e. The molecular weight excluding hydrogens is 228 g/mol. The molecule has 16 heavy (non-hydrogen) atoms. The predicted molar refractivity (Wildman–Crippen MR) is 61.5 cm³/mol. The smallest absolute Gasteiger partial charge is 0.212 e. The number of nitrogens with zero attached hydrogens (tertiary/aromatic N) is 1. The van der Waals surface area contributed by atoms with Crippen LogP contribution in [0.4, 0.5) is 0 Å². The second kappa shape index (κ2) is 5.93. The van der Waals surface area contributed by atoms with Crippen LogP contribution in [0.2, 0.25) is 0 Å². The van der Waals surface area contributed by atoms with Crippen molar-refractivity contribution < 1.29 is 13.2 Å². The third-order valence-electron chi connectivity index (χ3n) is 2.08. The van der Waals surface area contributed by atoms with Crippen LogP contribution in [0.15, 0.2) is 24.4 Å². The fraction of sp³-hybridized carbons (Fsp3) is 0.500. The first kappa shape index (κ1) is 13.1. The highest BCUT2D eigenvalue weighted by Crippen LogP contribution is 2.11. The maximum absolute atomic E-state index is 11.5. The van der Waals surface area contributed by atoms with Crippen LogP contribution in [0.25, 0.3) is 0 Å². The molecule has 0 amide bonds. The third-order valence-corrected chi connectivity index (χ3v) is 3.48. The van der Waals surface area contributed by atoms with E-state index in [1.165, 1.54) is 7.11 Å². The first-order valence-corrected chi connectivity index (χ1v) is 6.64. The lowest BCUT2D eigenvalue weighted by Crippen LogP contribution is -2.32. The number of hydrogen-bond acceptors (Lipinski definition) is 4. The number of aromatic nitrogens is 1. The van der Waals surface area contributed by atoms with E-state index in [1.807, 2.05) is 6.07 Å². The highest BCUT2D eigenvalue weighted by Gasteiger charge is 2.18. The molecule has 5 nitrogen and oxygen atoms in total. The molecule has 0 saturated carbocycles. The van der Waals surface area contributed by atoms with Gasteiger partial charge in [-0.2, -0.15) is 0 Å². The quantitative estimate of drug-likeness (QED) is 0.800. The summed E-state index contributed by atoms with van der Waals surface area (Å²) < 4.78 is 30.5. The van der Waals surface area contributed by atoms with Gasteiger partial charge in [-0.3, -0.25) is 4.98 Å². The molecule has 0 bridgehead atoms. The number of pyridine rings is 1. The highest BCUT2D eigenvalue weighted by atomic mass is 32.2. The van der Waals surface area contributed by atoms with Gasteiger partial charge in [0.25, 0.3) is 0 Å². The summed E-state index contributed by atoms with van der Waals surface area (Å²) in [6, 6.07) is 4.92. The van der Waals surface area contributed by atoms with Crippen LogP contribution < -0.4 is 4.72 Å².